The molecule has 120 valence electrons. The molecular formula is C18H22N4O. The van der Waals surface area contributed by atoms with Crippen molar-refractivity contribution in [3.8, 4) is 0 Å². The maximum Gasteiger partial charge on any atom is 0.245 e. The molecule has 3 aromatic rings. The standard InChI is InChI=1S/C18H22N4O/c1-18(2,22-12-5-6-13-22)17(23)19-11-7-10-16-20-14-8-3-4-9-15(14)21-16/h3-6,8-9,12-13H,7,10-11H2,1-2H3,(H,19,23)(H,20,21). The number of hydrogen-bond donors (Lipinski definition) is 2. The Balaban J connectivity index is 1.50. The lowest BCUT2D eigenvalue weighted by atomic mass is 10.0. The van der Waals surface area contributed by atoms with Crippen molar-refractivity contribution in [3.05, 3.63) is 54.6 Å². The van der Waals surface area contributed by atoms with Crippen molar-refractivity contribution in [3.63, 3.8) is 0 Å². The number of benzene rings is 1. The highest BCUT2D eigenvalue weighted by atomic mass is 16.2. The van der Waals surface area contributed by atoms with E-state index in [4.69, 9.17) is 0 Å². The van der Waals surface area contributed by atoms with Crippen molar-refractivity contribution in [2.45, 2.75) is 32.2 Å². The van der Waals surface area contributed by atoms with Gasteiger partial charge in [-0.05, 0) is 44.5 Å². The Bertz CT molecular complexity index is 753. The fraction of sp³-hybridized carbons (Fsp3) is 0.333. The van der Waals surface area contributed by atoms with Gasteiger partial charge in [-0.25, -0.2) is 4.98 Å². The van der Waals surface area contributed by atoms with Crippen LogP contribution in [0.5, 0.6) is 0 Å². The van der Waals surface area contributed by atoms with Crippen molar-refractivity contribution in [1.82, 2.24) is 19.9 Å². The smallest absolute Gasteiger partial charge is 0.245 e. The van der Waals surface area contributed by atoms with Crippen LogP contribution in [0.15, 0.2) is 48.8 Å². The third-order valence-corrected chi connectivity index (χ3v) is 4.12. The molecule has 0 fully saturated rings. The Morgan fingerprint density at radius 2 is 1.96 bits per heavy atom. The summed E-state index contributed by atoms with van der Waals surface area (Å²) in [6.45, 7) is 4.48. The normalized spacial score (nSPS) is 11.7. The predicted octanol–water partition coefficient (Wildman–Crippen LogP) is 2.85. The van der Waals surface area contributed by atoms with Gasteiger partial charge in [0.05, 0.1) is 11.0 Å². The van der Waals surface area contributed by atoms with Gasteiger partial charge in [-0.1, -0.05) is 12.1 Å². The molecule has 5 nitrogen and oxygen atoms in total. The fourth-order valence-corrected chi connectivity index (χ4v) is 2.62. The van der Waals surface area contributed by atoms with Crippen molar-refractivity contribution < 1.29 is 4.79 Å². The number of nitrogens with zero attached hydrogens (tertiary/aromatic N) is 2. The van der Waals surface area contributed by atoms with E-state index < -0.39 is 5.54 Å². The van der Waals surface area contributed by atoms with Gasteiger partial charge >= 0.3 is 0 Å². The molecule has 0 atom stereocenters. The number of rotatable bonds is 6. The minimum atomic E-state index is -0.580. The van der Waals surface area contributed by atoms with E-state index in [9.17, 15) is 4.79 Å². The molecule has 0 spiro atoms. The SMILES string of the molecule is CC(C)(C(=O)NCCCc1nc2ccccc2[nH]1)n1cccc1. The van der Waals surface area contributed by atoms with Gasteiger partial charge in [0.1, 0.15) is 11.4 Å². The summed E-state index contributed by atoms with van der Waals surface area (Å²) in [6.07, 6.45) is 5.49. The molecule has 0 aliphatic carbocycles. The van der Waals surface area contributed by atoms with Crippen LogP contribution >= 0.6 is 0 Å². The summed E-state index contributed by atoms with van der Waals surface area (Å²) >= 11 is 0. The molecule has 0 aliphatic rings. The number of fused-ring (bicyclic) bond motifs is 1. The molecule has 0 saturated carbocycles. The van der Waals surface area contributed by atoms with E-state index in [0.29, 0.717) is 6.54 Å². The number of aromatic amines is 1. The monoisotopic (exact) mass is 310 g/mol. The van der Waals surface area contributed by atoms with E-state index in [-0.39, 0.29) is 5.91 Å². The molecule has 0 radical (unpaired) electrons. The van der Waals surface area contributed by atoms with E-state index >= 15 is 0 Å². The van der Waals surface area contributed by atoms with Gasteiger partial charge in [0.2, 0.25) is 5.91 Å². The third-order valence-electron chi connectivity index (χ3n) is 4.12. The first-order chi connectivity index (χ1) is 11.1. The van der Waals surface area contributed by atoms with E-state index in [0.717, 1.165) is 29.7 Å². The Morgan fingerprint density at radius 1 is 1.22 bits per heavy atom. The van der Waals surface area contributed by atoms with Gasteiger partial charge < -0.3 is 14.9 Å². The van der Waals surface area contributed by atoms with Gasteiger partial charge in [0.25, 0.3) is 0 Å². The highest BCUT2D eigenvalue weighted by Crippen LogP contribution is 2.15. The third kappa shape index (κ3) is 3.28. The Morgan fingerprint density at radius 3 is 2.70 bits per heavy atom. The Labute approximate surface area is 135 Å². The summed E-state index contributed by atoms with van der Waals surface area (Å²) in [6, 6.07) is 11.8. The average molecular weight is 310 g/mol. The molecule has 23 heavy (non-hydrogen) atoms. The molecule has 0 aliphatic heterocycles. The number of H-pyrrole nitrogens is 1. The molecule has 2 aromatic heterocycles. The highest BCUT2D eigenvalue weighted by Gasteiger charge is 2.28. The fourth-order valence-electron chi connectivity index (χ4n) is 2.62. The van der Waals surface area contributed by atoms with Gasteiger partial charge in [0, 0.05) is 25.4 Å². The first-order valence-corrected chi connectivity index (χ1v) is 7.93. The van der Waals surface area contributed by atoms with E-state index in [1.807, 2.05) is 67.2 Å². The second-order valence-corrected chi connectivity index (χ2v) is 6.21. The molecule has 0 unspecified atom stereocenters. The number of carbonyl (C=O) groups excluding carboxylic acids is 1. The zero-order valence-electron chi connectivity index (χ0n) is 13.5. The van der Waals surface area contributed by atoms with Crippen LogP contribution in [0.4, 0.5) is 0 Å². The minimum Gasteiger partial charge on any atom is -0.354 e. The van der Waals surface area contributed by atoms with Crippen molar-refractivity contribution in [1.29, 1.82) is 0 Å². The second-order valence-electron chi connectivity index (χ2n) is 6.21. The number of carbonyl (C=O) groups is 1. The van der Waals surface area contributed by atoms with Crippen molar-refractivity contribution in [2.24, 2.45) is 0 Å². The van der Waals surface area contributed by atoms with Gasteiger partial charge in [-0.3, -0.25) is 4.79 Å². The molecule has 0 saturated heterocycles. The minimum absolute atomic E-state index is 0.0262. The van der Waals surface area contributed by atoms with Gasteiger partial charge in [-0.2, -0.15) is 0 Å². The summed E-state index contributed by atoms with van der Waals surface area (Å²) in [5.41, 5.74) is 1.46. The van der Waals surface area contributed by atoms with E-state index in [2.05, 4.69) is 15.3 Å². The van der Waals surface area contributed by atoms with Crippen LogP contribution in [-0.4, -0.2) is 27.0 Å². The second kappa shape index (κ2) is 6.28. The summed E-state index contributed by atoms with van der Waals surface area (Å²) in [4.78, 5) is 20.2. The van der Waals surface area contributed by atoms with E-state index in [1.165, 1.54) is 0 Å². The van der Waals surface area contributed by atoms with Crippen LogP contribution < -0.4 is 5.32 Å². The number of amides is 1. The van der Waals surface area contributed by atoms with Crippen LogP contribution in [0.3, 0.4) is 0 Å². The highest BCUT2D eigenvalue weighted by molar-refractivity contribution is 5.83. The van der Waals surface area contributed by atoms with Crippen LogP contribution in [-0.2, 0) is 16.8 Å². The summed E-state index contributed by atoms with van der Waals surface area (Å²) in [5.74, 6) is 0.989. The molecule has 0 bridgehead atoms. The maximum absolute atomic E-state index is 12.4. The number of hydrogen-bond acceptors (Lipinski definition) is 2. The number of aryl methyl sites for hydroxylation is 1. The lowest BCUT2D eigenvalue weighted by Gasteiger charge is -2.25. The Hall–Kier alpha value is -2.56. The Kier molecular flexibility index (Phi) is 4.19. The number of nitrogens with one attached hydrogen (secondary N) is 2. The summed E-state index contributed by atoms with van der Waals surface area (Å²) in [5, 5.41) is 3.01. The first-order valence-electron chi connectivity index (χ1n) is 7.93. The molecule has 1 amide bonds. The number of para-hydroxylation sites is 2. The van der Waals surface area contributed by atoms with Gasteiger partial charge in [-0.15, -0.1) is 0 Å². The van der Waals surface area contributed by atoms with Crippen LogP contribution in [0, 0.1) is 0 Å². The molecule has 2 N–H and O–H groups in total. The van der Waals surface area contributed by atoms with Crippen molar-refractivity contribution >= 4 is 16.9 Å². The lowest BCUT2D eigenvalue weighted by molar-refractivity contribution is -0.128. The molecular weight excluding hydrogens is 288 g/mol. The number of imidazole rings is 1. The average Bonchev–Trinajstić information content (AvgIpc) is 3.20. The zero-order chi connectivity index (χ0) is 16.3. The predicted molar refractivity (Wildman–Crippen MR) is 91.2 cm³/mol. The van der Waals surface area contributed by atoms with Gasteiger partial charge in [0.15, 0.2) is 0 Å². The van der Waals surface area contributed by atoms with Crippen LogP contribution in [0.2, 0.25) is 0 Å². The van der Waals surface area contributed by atoms with Crippen molar-refractivity contribution in [2.75, 3.05) is 6.54 Å². The van der Waals surface area contributed by atoms with Crippen LogP contribution in [0.1, 0.15) is 26.1 Å². The first kappa shape index (κ1) is 15.3. The molecule has 5 heteroatoms. The number of aromatic nitrogens is 3. The molecule has 2 heterocycles. The topological polar surface area (TPSA) is 62.7 Å². The molecule has 1 aromatic carbocycles. The van der Waals surface area contributed by atoms with Crippen LogP contribution in [0.25, 0.3) is 11.0 Å². The quantitative estimate of drug-likeness (QED) is 0.688. The largest absolute Gasteiger partial charge is 0.354 e. The summed E-state index contributed by atoms with van der Waals surface area (Å²) < 4.78 is 1.92. The molecule has 3 rings (SSSR count). The summed E-state index contributed by atoms with van der Waals surface area (Å²) in [7, 11) is 0. The zero-order valence-corrected chi connectivity index (χ0v) is 13.5. The maximum atomic E-state index is 12.4. The van der Waals surface area contributed by atoms with E-state index in [1.54, 1.807) is 0 Å². The lowest BCUT2D eigenvalue weighted by Crippen LogP contribution is -2.44.